The van der Waals surface area contributed by atoms with Gasteiger partial charge in [-0.3, -0.25) is 0 Å². The highest BCUT2D eigenvalue weighted by molar-refractivity contribution is 5.46. The molecule has 1 fully saturated rings. The summed E-state index contributed by atoms with van der Waals surface area (Å²) in [5, 5.41) is 3.65. The fourth-order valence-corrected chi connectivity index (χ4v) is 2.82. The molecule has 1 heterocycles. The van der Waals surface area contributed by atoms with E-state index < -0.39 is 0 Å². The Morgan fingerprint density at radius 3 is 2.75 bits per heavy atom. The van der Waals surface area contributed by atoms with Gasteiger partial charge in [0.1, 0.15) is 0 Å². The Hall–Kier alpha value is -1.26. The first-order chi connectivity index (χ1) is 9.65. The average molecular weight is 278 g/mol. The highest BCUT2D eigenvalue weighted by Crippen LogP contribution is 2.30. The summed E-state index contributed by atoms with van der Waals surface area (Å²) in [6, 6.07) is 7.26. The second-order valence-electron chi connectivity index (χ2n) is 5.58. The van der Waals surface area contributed by atoms with Crippen LogP contribution in [0.2, 0.25) is 0 Å². The highest BCUT2D eigenvalue weighted by atomic mass is 16.5. The van der Waals surface area contributed by atoms with Crippen LogP contribution in [-0.2, 0) is 6.54 Å². The van der Waals surface area contributed by atoms with Gasteiger partial charge in [-0.2, -0.15) is 0 Å². The molecule has 0 spiro atoms. The SMILES string of the molecule is COc1cccc(CNC2CCN(C)C(C)C2)c1OC. The zero-order valence-corrected chi connectivity index (χ0v) is 13.0. The van der Waals surface area contributed by atoms with Crippen molar-refractivity contribution in [1.82, 2.24) is 10.2 Å². The van der Waals surface area contributed by atoms with Gasteiger partial charge < -0.3 is 19.7 Å². The summed E-state index contributed by atoms with van der Waals surface area (Å²) in [4.78, 5) is 2.42. The minimum atomic E-state index is 0.581. The van der Waals surface area contributed by atoms with Gasteiger partial charge in [0.05, 0.1) is 14.2 Å². The molecule has 1 aromatic carbocycles. The number of piperidine rings is 1. The van der Waals surface area contributed by atoms with Gasteiger partial charge in [-0.25, -0.2) is 0 Å². The fraction of sp³-hybridized carbons (Fsp3) is 0.625. The first-order valence-electron chi connectivity index (χ1n) is 7.29. The van der Waals surface area contributed by atoms with E-state index in [9.17, 15) is 0 Å². The van der Waals surface area contributed by atoms with E-state index in [0.717, 1.165) is 30.2 Å². The Labute approximate surface area is 122 Å². The Bertz CT molecular complexity index is 436. The van der Waals surface area contributed by atoms with Crippen LogP contribution in [-0.4, -0.2) is 44.8 Å². The van der Waals surface area contributed by atoms with E-state index in [-0.39, 0.29) is 0 Å². The topological polar surface area (TPSA) is 33.7 Å². The summed E-state index contributed by atoms with van der Waals surface area (Å²) in [5.41, 5.74) is 1.15. The smallest absolute Gasteiger partial charge is 0.165 e. The Kier molecular flexibility index (Phi) is 5.26. The maximum absolute atomic E-state index is 5.47. The maximum atomic E-state index is 5.47. The third kappa shape index (κ3) is 3.44. The van der Waals surface area contributed by atoms with Crippen LogP contribution in [0.25, 0.3) is 0 Å². The van der Waals surface area contributed by atoms with Crippen molar-refractivity contribution in [1.29, 1.82) is 0 Å². The van der Waals surface area contributed by atoms with Crippen molar-refractivity contribution in [3.63, 3.8) is 0 Å². The van der Waals surface area contributed by atoms with Crippen LogP contribution >= 0.6 is 0 Å². The zero-order valence-electron chi connectivity index (χ0n) is 13.0. The first kappa shape index (κ1) is 15.1. The van der Waals surface area contributed by atoms with Gasteiger partial charge in [0, 0.05) is 24.2 Å². The quantitative estimate of drug-likeness (QED) is 0.896. The molecule has 0 bridgehead atoms. The van der Waals surface area contributed by atoms with Crippen molar-refractivity contribution >= 4 is 0 Å². The molecule has 2 unspecified atom stereocenters. The normalized spacial score (nSPS) is 23.6. The van der Waals surface area contributed by atoms with E-state index in [1.165, 1.54) is 12.8 Å². The number of methoxy groups -OCH3 is 2. The van der Waals surface area contributed by atoms with Crippen molar-refractivity contribution in [2.24, 2.45) is 0 Å². The summed E-state index contributed by atoms with van der Waals surface area (Å²) in [5.74, 6) is 1.63. The molecule has 2 rings (SSSR count). The minimum Gasteiger partial charge on any atom is -0.493 e. The number of likely N-dealkylation sites (tertiary alicyclic amines) is 1. The maximum Gasteiger partial charge on any atom is 0.165 e. The van der Waals surface area contributed by atoms with Crippen LogP contribution in [0.15, 0.2) is 18.2 Å². The van der Waals surface area contributed by atoms with E-state index in [1.807, 2.05) is 12.1 Å². The molecule has 0 aliphatic carbocycles. The summed E-state index contributed by atoms with van der Waals surface area (Å²) < 4.78 is 10.8. The second kappa shape index (κ2) is 6.95. The monoisotopic (exact) mass is 278 g/mol. The molecule has 0 aromatic heterocycles. The Morgan fingerprint density at radius 2 is 2.10 bits per heavy atom. The van der Waals surface area contributed by atoms with Crippen molar-refractivity contribution in [2.45, 2.75) is 38.4 Å². The molecule has 4 heteroatoms. The van der Waals surface area contributed by atoms with E-state index in [1.54, 1.807) is 14.2 Å². The largest absolute Gasteiger partial charge is 0.493 e. The summed E-state index contributed by atoms with van der Waals surface area (Å²) in [6.07, 6.45) is 2.40. The lowest BCUT2D eigenvalue weighted by atomic mass is 9.98. The third-order valence-corrected chi connectivity index (χ3v) is 4.27. The van der Waals surface area contributed by atoms with Gasteiger partial charge in [-0.05, 0) is 39.4 Å². The van der Waals surface area contributed by atoms with Crippen molar-refractivity contribution in [3.8, 4) is 11.5 Å². The lowest BCUT2D eigenvalue weighted by Crippen LogP contribution is -2.45. The number of benzene rings is 1. The summed E-state index contributed by atoms with van der Waals surface area (Å²) in [6.45, 7) is 4.27. The second-order valence-corrected chi connectivity index (χ2v) is 5.58. The predicted molar refractivity (Wildman–Crippen MR) is 81.5 cm³/mol. The third-order valence-electron chi connectivity index (χ3n) is 4.27. The highest BCUT2D eigenvalue weighted by Gasteiger charge is 2.22. The molecule has 1 aromatic rings. The number of nitrogens with one attached hydrogen (secondary N) is 1. The molecule has 1 aliphatic heterocycles. The van der Waals surface area contributed by atoms with Crippen LogP contribution in [0, 0.1) is 0 Å². The lowest BCUT2D eigenvalue weighted by molar-refractivity contribution is 0.168. The van der Waals surface area contributed by atoms with Crippen molar-refractivity contribution < 1.29 is 9.47 Å². The molecule has 1 saturated heterocycles. The van der Waals surface area contributed by atoms with Crippen LogP contribution in [0.5, 0.6) is 11.5 Å². The molecule has 20 heavy (non-hydrogen) atoms. The Morgan fingerprint density at radius 1 is 1.30 bits per heavy atom. The van der Waals surface area contributed by atoms with E-state index in [4.69, 9.17) is 9.47 Å². The van der Waals surface area contributed by atoms with Crippen LogP contribution in [0.1, 0.15) is 25.3 Å². The molecule has 4 nitrogen and oxygen atoms in total. The number of hydrogen-bond acceptors (Lipinski definition) is 4. The summed E-state index contributed by atoms with van der Waals surface area (Å²) in [7, 11) is 5.57. The number of para-hydroxylation sites is 1. The van der Waals surface area contributed by atoms with Crippen molar-refractivity contribution in [3.05, 3.63) is 23.8 Å². The van der Waals surface area contributed by atoms with Gasteiger partial charge in [-0.15, -0.1) is 0 Å². The molecule has 0 amide bonds. The average Bonchev–Trinajstić information content (AvgIpc) is 2.47. The standard InChI is InChI=1S/C16H26N2O2/c1-12-10-14(8-9-18(12)2)17-11-13-6-5-7-15(19-3)16(13)20-4/h5-7,12,14,17H,8-11H2,1-4H3. The van der Waals surface area contributed by atoms with E-state index in [2.05, 4.69) is 30.3 Å². The number of nitrogens with zero attached hydrogens (tertiary/aromatic N) is 1. The number of hydrogen-bond donors (Lipinski definition) is 1. The van der Waals surface area contributed by atoms with Crippen molar-refractivity contribution in [2.75, 3.05) is 27.8 Å². The molecule has 2 atom stereocenters. The Balaban J connectivity index is 1.97. The van der Waals surface area contributed by atoms with Gasteiger partial charge in [0.2, 0.25) is 0 Å². The summed E-state index contributed by atoms with van der Waals surface area (Å²) >= 11 is 0. The molecular weight excluding hydrogens is 252 g/mol. The van der Waals surface area contributed by atoms with Crippen LogP contribution < -0.4 is 14.8 Å². The van der Waals surface area contributed by atoms with E-state index in [0.29, 0.717) is 12.1 Å². The van der Waals surface area contributed by atoms with Gasteiger partial charge >= 0.3 is 0 Å². The molecule has 0 radical (unpaired) electrons. The molecule has 1 aliphatic rings. The molecule has 0 saturated carbocycles. The first-order valence-corrected chi connectivity index (χ1v) is 7.29. The van der Waals surface area contributed by atoms with Gasteiger partial charge in [-0.1, -0.05) is 12.1 Å². The van der Waals surface area contributed by atoms with E-state index >= 15 is 0 Å². The van der Waals surface area contributed by atoms with Gasteiger partial charge in [0.25, 0.3) is 0 Å². The van der Waals surface area contributed by atoms with Crippen LogP contribution in [0.4, 0.5) is 0 Å². The number of rotatable bonds is 5. The minimum absolute atomic E-state index is 0.581. The number of ether oxygens (including phenoxy) is 2. The van der Waals surface area contributed by atoms with Crippen LogP contribution in [0.3, 0.4) is 0 Å². The van der Waals surface area contributed by atoms with Gasteiger partial charge in [0.15, 0.2) is 11.5 Å². The lowest BCUT2D eigenvalue weighted by Gasteiger charge is -2.35. The molecular formula is C16H26N2O2. The molecule has 1 N–H and O–H groups in total. The fourth-order valence-electron chi connectivity index (χ4n) is 2.82. The predicted octanol–water partition coefficient (Wildman–Crippen LogP) is 2.28. The molecule has 112 valence electrons. The zero-order chi connectivity index (χ0) is 14.5.